The summed E-state index contributed by atoms with van der Waals surface area (Å²) in [5.41, 5.74) is 3.22. The number of carbonyl (C=O) groups excluding carboxylic acids is 1. The predicted octanol–water partition coefficient (Wildman–Crippen LogP) is 1.48. The molecule has 0 aliphatic carbocycles. The molecule has 1 N–H and O–H groups in total. The highest BCUT2D eigenvalue weighted by atomic mass is 16.5. The van der Waals surface area contributed by atoms with Crippen LogP contribution >= 0.6 is 0 Å². The van der Waals surface area contributed by atoms with E-state index in [1.54, 1.807) is 18.5 Å². The van der Waals surface area contributed by atoms with Crippen molar-refractivity contribution in [3.63, 3.8) is 0 Å². The van der Waals surface area contributed by atoms with Gasteiger partial charge in [0.25, 0.3) is 5.91 Å². The minimum atomic E-state index is -0.217. The van der Waals surface area contributed by atoms with Crippen molar-refractivity contribution in [1.82, 2.24) is 19.7 Å². The van der Waals surface area contributed by atoms with E-state index in [1.807, 2.05) is 24.7 Å². The zero-order valence-corrected chi connectivity index (χ0v) is 14.2. The van der Waals surface area contributed by atoms with Gasteiger partial charge in [0.15, 0.2) is 0 Å². The number of hydrogen-bond donors (Lipinski definition) is 1. The average molecular weight is 329 g/mol. The Bertz CT molecular complexity index is 707. The topological polar surface area (TPSA) is 72.3 Å². The predicted molar refractivity (Wildman–Crippen MR) is 91.2 cm³/mol. The number of aromatic nitrogens is 3. The summed E-state index contributed by atoms with van der Waals surface area (Å²) in [5.74, 6) is -0.217. The molecule has 0 spiro atoms. The fourth-order valence-electron chi connectivity index (χ4n) is 2.56. The van der Waals surface area contributed by atoms with Crippen molar-refractivity contribution < 1.29 is 9.53 Å². The summed E-state index contributed by atoms with van der Waals surface area (Å²) in [5, 5.41) is 7.15. The third kappa shape index (κ3) is 4.18. The molecule has 0 radical (unpaired) electrons. The Morgan fingerprint density at radius 3 is 2.75 bits per heavy atom. The molecule has 7 heteroatoms. The Morgan fingerprint density at radius 2 is 2.00 bits per heavy atom. The van der Waals surface area contributed by atoms with Crippen LogP contribution in [0.4, 0.5) is 5.69 Å². The van der Waals surface area contributed by atoms with Crippen LogP contribution in [-0.4, -0.2) is 58.4 Å². The number of morpholine rings is 1. The van der Waals surface area contributed by atoms with Crippen molar-refractivity contribution in [2.24, 2.45) is 0 Å². The third-order valence-electron chi connectivity index (χ3n) is 4.25. The van der Waals surface area contributed by atoms with E-state index in [0.717, 1.165) is 50.5 Å². The molecule has 24 heavy (non-hydrogen) atoms. The molecular formula is C17H23N5O2. The first kappa shape index (κ1) is 16.6. The molecule has 128 valence electrons. The van der Waals surface area contributed by atoms with Gasteiger partial charge in [-0.05, 0) is 31.0 Å². The van der Waals surface area contributed by atoms with Gasteiger partial charge < -0.3 is 10.1 Å². The van der Waals surface area contributed by atoms with Gasteiger partial charge in [-0.1, -0.05) is 0 Å². The van der Waals surface area contributed by atoms with Crippen molar-refractivity contribution in [2.45, 2.75) is 20.4 Å². The SMILES string of the molecule is Cc1cnc(C(=O)Nc2cnn(CCN3CCOCC3)c2)cc1C. The number of anilines is 1. The summed E-state index contributed by atoms with van der Waals surface area (Å²) in [7, 11) is 0. The lowest BCUT2D eigenvalue weighted by Crippen LogP contribution is -2.38. The quantitative estimate of drug-likeness (QED) is 0.899. The van der Waals surface area contributed by atoms with Gasteiger partial charge in [-0.15, -0.1) is 0 Å². The maximum absolute atomic E-state index is 12.3. The van der Waals surface area contributed by atoms with Crippen LogP contribution in [0, 0.1) is 13.8 Å². The van der Waals surface area contributed by atoms with Gasteiger partial charge in [0.2, 0.25) is 0 Å². The van der Waals surface area contributed by atoms with E-state index < -0.39 is 0 Å². The van der Waals surface area contributed by atoms with Crippen LogP contribution in [0.25, 0.3) is 0 Å². The van der Waals surface area contributed by atoms with Crippen LogP contribution in [0.5, 0.6) is 0 Å². The molecule has 0 unspecified atom stereocenters. The van der Waals surface area contributed by atoms with E-state index in [-0.39, 0.29) is 5.91 Å². The van der Waals surface area contributed by atoms with Crippen LogP contribution in [-0.2, 0) is 11.3 Å². The molecule has 0 atom stereocenters. The molecule has 1 aliphatic rings. The minimum absolute atomic E-state index is 0.217. The lowest BCUT2D eigenvalue weighted by molar-refractivity contribution is 0.0360. The Kier molecular flexibility index (Phi) is 5.22. The fourth-order valence-corrected chi connectivity index (χ4v) is 2.56. The first-order chi connectivity index (χ1) is 11.6. The Balaban J connectivity index is 1.55. The van der Waals surface area contributed by atoms with Gasteiger partial charge in [0.05, 0.1) is 31.6 Å². The summed E-state index contributed by atoms with van der Waals surface area (Å²) in [4.78, 5) is 18.8. The van der Waals surface area contributed by atoms with Gasteiger partial charge in [0.1, 0.15) is 5.69 Å². The number of amides is 1. The molecule has 1 amide bonds. The molecule has 0 bridgehead atoms. The zero-order chi connectivity index (χ0) is 16.9. The minimum Gasteiger partial charge on any atom is -0.379 e. The van der Waals surface area contributed by atoms with Gasteiger partial charge in [0, 0.05) is 32.0 Å². The second-order valence-corrected chi connectivity index (χ2v) is 6.05. The molecule has 1 fully saturated rings. The maximum atomic E-state index is 12.3. The first-order valence-electron chi connectivity index (χ1n) is 8.19. The van der Waals surface area contributed by atoms with Crippen LogP contribution in [0.1, 0.15) is 21.6 Å². The smallest absolute Gasteiger partial charge is 0.274 e. The van der Waals surface area contributed by atoms with Crippen LogP contribution < -0.4 is 5.32 Å². The van der Waals surface area contributed by atoms with Crippen molar-refractivity contribution in [1.29, 1.82) is 0 Å². The Morgan fingerprint density at radius 1 is 1.21 bits per heavy atom. The Labute approximate surface area is 141 Å². The number of nitrogens with one attached hydrogen (secondary N) is 1. The van der Waals surface area contributed by atoms with E-state index in [0.29, 0.717) is 11.4 Å². The molecule has 1 saturated heterocycles. The van der Waals surface area contributed by atoms with Gasteiger partial charge in [-0.25, -0.2) is 0 Å². The molecule has 7 nitrogen and oxygen atoms in total. The molecule has 0 saturated carbocycles. The van der Waals surface area contributed by atoms with Gasteiger partial charge >= 0.3 is 0 Å². The molecule has 2 aromatic heterocycles. The summed E-state index contributed by atoms with van der Waals surface area (Å²) < 4.78 is 7.19. The van der Waals surface area contributed by atoms with Gasteiger partial charge in [-0.3, -0.25) is 19.4 Å². The molecule has 1 aliphatic heterocycles. The summed E-state index contributed by atoms with van der Waals surface area (Å²) in [6.07, 6.45) is 5.23. The first-order valence-corrected chi connectivity index (χ1v) is 8.19. The Hall–Kier alpha value is -2.25. The second kappa shape index (κ2) is 7.55. The van der Waals surface area contributed by atoms with Crippen LogP contribution in [0.3, 0.4) is 0 Å². The standard InChI is InChI=1S/C17H23N5O2/c1-13-9-16(18-10-14(13)2)17(23)20-15-11-19-22(12-15)4-3-21-5-7-24-8-6-21/h9-12H,3-8H2,1-2H3,(H,20,23). The monoisotopic (exact) mass is 329 g/mol. The van der Waals surface area contributed by atoms with Crippen LogP contribution in [0.15, 0.2) is 24.7 Å². The lowest BCUT2D eigenvalue weighted by atomic mass is 10.1. The van der Waals surface area contributed by atoms with E-state index in [4.69, 9.17) is 4.74 Å². The lowest BCUT2D eigenvalue weighted by Gasteiger charge is -2.26. The maximum Gasteiger partial charge on any atom is 0.274 e. The molecule has 3 rings (SSSR count). The summed E-state index contributed by atoms with van der Waals surface area (Å²) >= 11 is 0. The molecule has 3 heterocycles. The largest absolute Gasteiger partial charge is 0.379 e. The van der Waals surface area contributed by atoms with E-state index >= 15 is 0 Å². The number of rotatable bonds is 5. The van der Waals surface area contributed by atoms with Crippen molar-refractivity contribution in [3.05, 3.63) is 41.5 Å². The average Bonchev–Trinajstić information content (AvgIpc) is 3.04. The second-order valence-electron chi connectivity index (χ2n) is 6.05. The molecule has 2 aromatic rings. The number of carbonyl (C=O) groups is 1. The van der Waals surface area contributed by atoms with Crippen molar-refractivity contribution in [2.75, 3.05) is 38.2 Å². The third-order valence-corrected chi connectivity index (χ3v) is 4.25. The van der Waals surface area contributed by atoms with E-state index in [1.165, 1.54) is 0 Å². The van der Waals surface area contributed by atoms with Crippen LogP contribution in [0.2, 0.25) is 0 Å². The van der Waals surface area contributed by atoms with Crippen molar-refractivity contribution >= 4 is 11.6 Å². The number of aryl methyl sites for hydroxylation is 2. The highest BCUT2D eigenvalue weighted by Gasteiger charge is 2.12. The molecular weight excluding hydrogens is 306 g/mol. The number of hydrogen-bond acceptors (Lipinski definition) is 5. The molecule has 0 aromatic carbocycles. The normalized spacial score (nSPS) is 15.4. The number of nitrogens with zero attached hydrogens (tertiary/aromatic N) is 4. The summed E-state index contributed by atoms with van der Waals surface area (Å²) in [6, 6.07) is 1.80. The van der Waals surface area contributed by atoms with Gasteiger partial charge in [-0.2, -0.15) is 5.10 Å². The summed E-state index contributed by atoms with van der Waals surface area (Å²) in [6.45, 7) is 9.17. The fraction of sp³-hybridized carbons (Fsp3) is 0.471. The van der Waals surface area contributed by atoms with Crippen molar-refractivity contribution in [3.8, 4) is 0 Å². The zero-order valence-electron chi connectivity index (χ0n) is 14.2. The highest BCUT2D eigenvalue weighted by molar-refractivity contribution is 6.02. The highest BCUT2D eigenvalue weighted by Crippen LogP contribution is 2.10. The number of pyridine rings is 1. The van der Waals surface area contributed by atoms with E-state index in [9.17, 15) is 4.79 Å². The van der Waals surface area contributed by atoms with E-state index in [2.05, 4.69) is 20.3 Å². The number of ether oxygens (including phenoxy) is 1.